The summed E-state index contributed by atoms with van der Waals surface area (Å²) < 4.78 is 4.66. The van der Waals surface area contributed by atoms with E-state index in [1.54, 1.807) is 0 Å². The Kier molecular flexibility index (Phi) is 0.670. The maximum atomic E-state index is 10.6. The molecule has 1 N–H and O–H groups in total. The van der Waals surface area contributed by atoms with Gasteiger partial charge in [0.15, 0.2) is 5.78 Å². The first-order valence-corrected chi connectivity index (χ1v) is 2.77. The largest absolute Gasteiger partial charge is 0.443 e. The van der Waals surface area contributed by atoms with Gasteiger partial charge >= 0.3 is 6.09 Å². The molecule has 0 aromatic carbocycles. The topological polar surface area (TPSA) is 55.4 Å². The fraction of sp³-hybridized carbons (Fsp3) is 0.600. The molecule has 1 heterocycles. The maximum Gasteiger partial charge on any atom is 0.408 e. The molecule has 1 amide bonds. The van der Waals surface area contributed by atoms with Gasteiger partial charge in [0.25, 0.3) is 0 Å². The highest BCUT2D eigenvalue weighted by Gasteiger charge is 2.48. The normalized spacial score (nSPS) is 38.7. The molecule has 1 aliphatic heterocycles. The molecule has 2 atom stereocenters. The van der Waals surface area contributed by atoms with E-state index < -0.39 is 6.09 Å². The van der Waals surface area contributed by atoms with Crippen molar-refractivity contribution in [1.82, 2.24) is 5.32 Å². The van der Waals surface area contributed by atoms with E-state index in [9.17, 15) is 9.59 Å². The quantitative estimate of drug-likeness (QED) is 0.474. The zero-order valence-electron chi connectivity index (χ0n) is 4.59. The second-order valence-corrected chi connectivity index (χ2v) is 2.24. The van der Waals surface area contributed by atoms with Crippen LogP contribution in [0.2, 0.25) is 0 Å². The highest BCUT2D eigenvalue weighted by Crippen LogP contribution is 2.24. The summed E-state index contributed by atoms with van der Waals surface area (Å²) >= 11 is 0. The molecule has 1 aliphatic carbocycles. The molecular weight excluding hydrogens is 122 g/mol. The van der Waals surface area contributed by atoms with Crippen LogP contribution in [0.4, 0.5) is 4.79 Å². The minimum Gasteiger partial charge on any atom is -0.443 e. The minimum atomic E-state index is -0.462. The molecule has 0 aromatic rings. The average Bonchev–Trinajstić information content (AvgIpc) is 2.08. The van der Waals surface area contributed by atoms with E-state index in [1.807, 2.05) is 0 Å². The molecule has 48 valence electrons. The molecule has 0 radical (unpaired) electrons. The van der Waals surface area contributed by atoms with Crippen LogP contribution in [0.1, 0.15) is 6.42 Å². The second-order valence-electron chi connectivity index (χ2n) is 2.24. The van der Waals surface area contributed by atoms with E-state index in [1.165, 1.54) is 0 Å². The molecule has 0 aromatic heterocycles. The van der Waals surface area contributed by atoms with E-state index in [0.717, 1.165) is 0 Å². The average molecular weight is 127 g/mol. The third-order valence-electron chi connectivity index (χ3n) is 1.65. The number of carbonyl (C=O) groups is 2. The third kappa shape index (κ3) is 0.472. The van der Waals surface area contributed by atoms with Crippen LogP contribution < -0.4 is 5.32 Å². The molecular formula is C5H5NO3. The van der Waals surface area contributed by atoms with Crippen molar-refractivity contribution in [2.75, 3.05) is 0 Å². The Morgan fingerprint density at radius 1 is 1.56 bits per heavy atom. The van der Waals surface area contributed by atoms with Crippen LogP contribution in [0, 0.1) is 0 Å². The van der Waals surface area contributed by atoms with Crippen molar-refractivity contribution in [2.45, 2.75) is 18.6 Å². The lowest BCUT2D eigenvalue weighted by molar-refractivity contribution is -0.130. The summed E-state index contributed by atoms with van der Waals surface area (Å²) in [5.41, 5.74) is 0. The van der Waals surface area contributed by atoms with Gasteiger partial charge in [0, 0.05) is 6.42 Å². The van der Waals surface area contributed by atoms with Gasteiger partial charge in [-0.1, -0.05) is 0 Å². The Morgan fingerprint density at radius 2 is 2.33 bits per heavy atom. The number of fused-ring (bicyclic) bond motifs is 1. The molecule has 4 heteroatoms. The number of amides is 1. The van der Waals surface area contributed by atoms with Crippen LogP contribution >= 0.6 is 0 Å². The van der Waals surface area contributed by atoms with Gasteiger partial charge in [-0.25, -0.2) is 4.79 Å². The standard InChI is InChI=1S/C5H5NO3/c7-2-1-3-4(2)6-5(8)9-3/h3-4H,1H2,(H,6,8). The monoisotopic (exact) mass is 127 g/mol. The number of rotatable bonds is 0. The van der Waals surface area contributed by atoms with Gasteiger partial charge in [0.05, 0.1) is 0 Å². The smallest absolute Gasteiger partial charge is 0.408 e. The predicted octanol–water partition coefficient (Wildman–Crippen LogP) is -0.564. The fourth-order valence-electron chi connectivity index (χ4n) is 1.07. The Morgan fingerprint density at radius 3 is 2.78 bits per heavy atom. The van der Waals surface area contributed by atoms with Crippen molar-refractivity contribution < 1.29 is 14.3 Å². The molecule has 2 aliphatic rings. The van der Waals surface area contributed by atoms with Gasteiger partial charge in [0.1, 0.15) is 12.1 Å². The zero-order valence-corrected chi connectivity index (χ0v) is 4.59. The van der Waals surface area contributed by atoms with Gasteiger partial charge in [0.2, 0.25) is 0 Å². The van der Waals surface area contributed by atoms with E-state index in [-0.39, 0.29) is 17.9 Å². The Balaban J connectivity index is 2.16. The number of Topliss-reactive ketones (excluding diaryl/α,β-unsaturated/α-hetero) is 1. The molecule has 9 heavy (non-hydrogen) atoms. The molecule has 1 saturated carbocycles. The van der Waals surface area contributed by atoms with Crippen molar-refractivity contribution in [1.29, 1.82) is 0 Å². The summed E-state index contributed by atoms with van der Waals surface area (Å²) in [5, 5.41) is 2.39. The molecule has 0 bridgehead atoms. The van der Waals surface area contributed by atoms with Gasteiger partial charge in [-0.05, 0) is 0 Å². The summed E-state index contributed by atoms with van der Waals surface area (Å²) in [6.45, 7) is 0. The van der Waals surface area contributed by atoms with Crippen molar-refractivity contribution >= 4 is 11.9 Å². The van der Waals surface area contributed by atoms with Crippen molar-refractivity contribution in [3.05, 3.63) is 0 Å². The summed E-state index contributed by atoms with van der Waals surface area (Å²) in [4.78, 5) is 20.9. The fourth-order valence-corrected chi connectivity index (χ4v) is 1.07. The third-order valence-corrected chi connectivity index (χ3v) is 1.65. The Hall–Kier alpha value is -1.06. The van der Waals surface area contributed by atoms with Crippen LogP contribution in [-0.2, 0) is 9.53 Å². The van der Waals surface area contributed by atoms with Gasteiger partial charge in [-0.2, -0.15) is 0 Å². The molecule has 4 nitrogen and oxygen atoms in total. The predicted molar refractivity (Wildman–Crippen MR) is 26.8 cm³/mol. The first-order valence-electron chi connectivity index (χ1n) is 2.77. The van der Waals surface area contributed by atoms with Crippen molar-refractivity contribution in [3.63, 3.8) is 0 Å². The highest BCUT2D eigenvalue weighted by atomic mass is 16.6. The number of ether oxygens (including phenoxy) is 1. The van der Waals surface area contributed by atoms with E-state index in [2.05, 4.69) is 10.1 Å². The van der Waals surface area contributed by atoms with Crippen molar-refractivity contribution in [2.24, 2.45) is 0 Å². The van der Waals surface area contributed by atoms with E-state index in [0.29, 0.717) is 6.42 Å². The van der Waals surface area contributed by atoms with E-state index >= 15 is 0 Å². The first kappa shape index (κ1) is 4.78. The van der Waals surface area contributed by atoms with Gasteiger partial charge < -0.3 is 10.1 Å². The van der Waals surface area contributed by atoms with Crippen LogP contribution in [0.3, 0.4) is 0 Å². The molecule has 2 rings (SSSR count). The lowest BCUT2D eigenvalue weighted by Crippen LogP contribution is -2.50. The molecule has 1 saturated heterocycles. The first-order chi connectivity index (χ1) is 4.27. The Bertz CT molecular complexity index is 187. The summed E-state index contributed by atoms with van der Waals surface area (Å²) in [5.74, 6) is 0.0749. The zero-order chi connectivity index (χ0) is 6.43. The van der Waals surface area contributed by atoms with Crippen LogP contribution in [0.25, 0.3) is 0 Å². The highest BCUT2D eigenvalue weighted by molar-refractivity contribution is 5.96. The number of hydrogen-bond donors (Lipinski definition) is 1. The summed E-state index contributed by atoms with van der Waals surface area (Å²) in [7, 11) is 0. The number of ketones is 1. The summed E-state index contributed by atoms with van der Waals surface area (Å²) in [6.07, 6.45) is -0.232. The number of nitrogens with one attached hydrogen (secondary N) is 1. The van der Waals surface area contributed by atoms with Gasteiger partial charge in [-0.15, -0.1) is 0 Å². The van der Waals surface area contributed by atoms with Crippen LogP contribution in [-0.4, -0.2) is 24.0 Å². The summed E-state index contributed by atoms with van der Waals surface area (Å²) in [6, 6.07) is -0.322. The van der Waals surface area contributed by atoms with Crippen LogP contribution in [0.15, 0.2) is 0 Å². The number of hydrogen-bond acceptors (Lipinski definition) is 3. The molecule has 2 unspecified atom stereocenters. The lowest BCUT2D eigenvalue weighted by Gasteiger charge is -2.23. The molecule has 2 fully saturated rings. The lowest BCUT2D eigenvalue weighted by atomic mass is 9.88. The maximum absolute atomic E-state index is 10.6. The number of carbonyl (C=O) groups excluding carboxylic acids is 2. The minimum absolute atomic E-state index is 0.0749. The Labute approximate surface area is 51.2 Å². The second kappa shape index (κ2) is 1.26. The number of alkyl carbamates (subject to hydrolysis) is 1. The molecule has 0 spiro atoms. The van der Waals surface area contributed by atoms with Crippen molar-refractivity contribution in [3.8, 4) is 0 Å². The van der Waals surface area contributed by atoms with E-state index in [4.69, 9.17) is 0 Å². The SMILES string of the molecule is O=C1NC2C(=O)CC2O1. The van der Waals surface area contributed by atoms with Crippen LogP contribution in [0.5, 0.6) is 0 Å². The van der Waals surface area contributed by atoms with Gasteiger partial charge in [-0.3, -0.25) is 4.79 Å².